The standard InChI is InChI=1S/C9H11NO3S/c1-13-9(11)7-3-5-8(6-4-7)14(2,10)12/h3-6H,2H2,1H3,(H2,10,12). The largest absolute Gasteiger partial charge is 0.465 e. The Morgan fingerprint density at radius 2 is 1.93 bits per heavy atom. The van der Waals surface area contributed by atoms with Crippen molar-refractivity contribution in [3.63, 3.8) is 0 Å². The molecule has 0 amide bonds. The van der Waals surface area contributed by atoms with Crippen LogP contribution in [-0.4, -0.2) is 23.2 Å². The molecule has 1 unspecified atom stereocenters. The van der Waals surface area contributed by atoms with Gasteiger partial charge >= 0.3 is 5.97 Å². The first kappa shape index (κ1) is 10.7. The molecule has 0 saturated heterocycles. The minimum atomic E-state index is -2.70. The van der Waals surface area contributed by atoms with Crippen molar-refractivity contribution in [3.8, 4) is 0 Å². The number of nitrogens with two attached hydrogens (primary N) is 1. The molecular weight excluding hydrogens is 202 g/mol. The van der Waals surface area contributed by atoms with Gasteiger partial charge in [0.15, 0.2) is 0 Å². The van der Waals surface area contributed by atoms with Crippen molar-refractivity contribution in [1.82, 2.24) is 0 Å². The molecule has 1 aromatic rings. The number of methoxy groups -OCH3 is 1. The van der Waals surface area contributed by atoms with E-state index in [0.29, 0.717) is 10.5 Å². The second-order valence-corrected chi connectivity index (χ2v) is 4.67. The molecule has 0 bridgehead atoms. The van der Waals surface area contributed by atoms with Crippen molar-refractivity contribution >= 4 is 21.5 Å². The number of rotatable bonds is 2. The topological polar surface area (TPSA) is 69.4 Å². The van der Waals surface area contributed by atoms with Gasteiger partial charge in [0.1, 0.15) is 0 Å². The summed E-state index contributed by atoms with van der Waals surface area (Å²) in [6.45, 7) is 0. The van der Waals surface area contributed by atoms with E-state index in [1.165, 1.54) is 31.4 Å². The first-order valence-electron chi connectivity index (χ1n) is 3.78. The van der Waals surface area contributed by atoms with Gasteiger partial charge in [0.05, 0.1) is 22.4 Å². The third kappa shape index (κ3) is 2.34. The SMILES string of the molecule is C=S(N)(=O)c1ccc(C(=O)OC)cc1. The summed E-state index contributed by atoms with van der Waals surface area (Å²) in [4.78, 5) is 11.4. The maximum Gasteiger partial charge on any atom is 0.337 e. The number of carbonyl (C=O) groups is 1. The van der Waals surface area contributed by atoms with Crippen molar-refractivity contribution in [2.45, 2.75) is 4.90 Å². The lowest BCUT2D eigenvalue weighted by molar-refractivity contribution is 0.0600. The van der Waals surface area contributed by atoms with Crippen molar-refractivity contribution in [3.05, 3.63) is 29.8 Å². The van der Waals surface area contributed by atoms with E-state index in [2.05, 4.69) is 10.6 Å². The lowest BCUT2D eigenvalue weighted by Crippen LogP contribution is -2.12. The van der Waals surface area contributed by atoms with Crippen molar-refractivity contribution in [1.29, 1.82) is 0 Å². The monoisotopic (exact) mass is 213 g/mol. The lowest BCUT2D eigenvalue weighted by Gasteiger charge is -2.03. The van der Waals surface area contributed by atoms with Crippen molar-refractivity contribution in [2.75, 3.05) is 7.11 Å². The Balaban J connectivity index is 3.07. The number of carbonyl (C=O) groups excluding carboxylic acids is 1. The third-order valence-electron chi connectivity index (χ3n) is 1.67. The van der Waals surface area contributed by atoms with Crippen LogP contribution in [-0.2, 0) is 14.4 Å². The average Bonchev–Trinajstić information content (AvgIpc) is 2.15. The van der Waals surface area contributed by atoms with Crippen LogP contribution in [0.25, 0.3) is 0 Å². The fourth-order valence-electron chi connectivity index (χ4n) is 0.939. The zero-order chi connectivity index (χ0) is 10.8. The second-order valence-electron chi connectivity index (χ2n) is 2.74. The normalized spacial score (nSPS) is 14.4. The Kier molecular flexibility index (Phi) is 2.93. The van der Waals surface area contributed by atoms with E-state index in [-0.39, 0.29) is 0 Å². The Bertz CT molecular complexity index is 434. The first-order valence-corrected chi connectivity index (χ1v) is 5.57. The molecular formula is C9H11NO3S. The molecule has 1 atom stereocenters. The highest BCUT2D eigenvalue weighted by Gasteiger charge is 2.06. The fourth-order valence-corrected chi connectivity index (χ4v) is 1.54. The Hall–Kier alpha value is -1.33. The number of benzene rings is 1. The van der Waals surface area contributed by atoms with E-state index in [1.807, 2.05) is 0 Å². The minimum Gasteiger partial charge on any atom is -0.465 e. The van der Waals surface area contributed by atoms with Crippen molar-refractivity contribution < 1.29 is 13.7 Å². The van der Waals surface area contributed by atoms with Crippen molar-refractivity contribution in [2.24, 2.45) is 5.14 Å². The molecule has 0 aromatic heterocycles. The van der Waals surface area contributed by atoms with Gasteiger partial charge in [-0.15, -0.1) is 0 Å². The molecule has 0 saturated carbocycles. The van der Waals surface area contributed by atoms with E-state index in [0.717, 1.165) is 0 Å². The molecule has 76 valence electrons. The van der Waals surface area contributed by atoms with Crippen LogP contribution in [0.3, 0.4) is 0 Å². The van der Waals surface area contributed by atoms with Gasteiger partial charge in [0.2, 0.25) is 0 Å². The number of hydrogen-bond acceptors (Lipinski definition) is 3. The van der Waals surface area contributed by atoms with E-state index >= 15 is 0 Å². The van der Waals surface area contributed by atoms with E-state index in [1.54, 1.807) is 0 Å². The zero-order valence-corrected chi connectivity index (χ0v) is 8.54. The zero-order valence-electron chi connectivity index (χ0n) is 7.73. The molecule has 0 heterocycles. The first-order chi connectivity index (χ1) is 6.45. The van der Waals surface area contributed by atoms with Gasteiger partial charge in [0, 0.05) is 4.90 Å². The number of esters is 1. The highest BCUT2D eigenvalue weighted by Crippen LogP contribution is 2.09. The van der Waals surface area contributed by atoms with Gasteiger partial charge < -0.3 is 4.74 Å². The van der Waals surface area contributed by atoms with Crippen LogP contribution < -0.4 is 5.14 Å². The predicted octanol–water partition coefficient (Wildman–Crippen LogP) is 0.422. The molecule has 14 heavy (non-hydrogen) atoms. The number of hydrogen-bond donors (Lipinski definition) is 1. The molecule has 4 nitrogen and oxygen atoms in total. The molecule has 1 aromatic carbocycles. The van der Waals surface area contributed by atoms with E-state index < -0.39 is 15.7 Å². The van der Waals surface area contributed by atoms with Gasteiger partial charge in [-0.1, -0.05) is 0 Å². The van der Waals surface area contributed by atoms with Gasteiger partial charge in [0.25, 0.3) is 0 Å². The highest BCUT2D eigenvalue weighted by atomic mass is 32.2. The molecule has 0 radical (unpaired) electrons. The van der Waals surface area contributed by atoms with Crippen LogP contribution in [0.5, 0.6) is 0 Å². The summed E-state index contributed by atoms with van der Waals surface area (Å²) in [7, 11) is -1.41. The summed E-state index contributed by atoms with van der Waals surface area (Å²) in [6.07, 6.45) is 0. The van der Waals surface area contributed by atoms with Gasteiger partial charge in [-0.3, -0.25) is 5.14 Å². The molecule has 1 rings (SSSR count). The van der Waals surface area contributed by atoms with Crippen LogP contribution in [0, 0.1) is 0 Å². The van der Waals surface area contributed by atoms with Gasteiger partial charge in [-0.2, -0.15) is 0 Å². The second kappa shape index (κ2) is 3.81. The molecule has 0 fully saturated rings. The average molecular weight is 213 g/mol. The molecule has 0 aliphatic carbocycles. The molecule has 0 aliphatic rings. The predicted molar refractivity (Wildman–Crippen MR) is 55.5 cm³/mol. The third-order valence-corrected chi connectivity index (χ3v) is 2.74. The lowest BCUT2D eigenvalue weighted by atomic mass is 10.2. The Morgan fingerprint density at radius 3 is 2.29 bits per heavy atom. The quantitative estimate of drug-likeness (QED) is 0.572. The van der Waals surface area contributed by atoms with Crippen LogP contribution >= 0.6 is 0 Å². The highest BCUT2D eigenvalue weighted by molar-refractivity contribution is 7.98. The number of ether oxygens (including phenoxy) is 1. The maximum absolute atomic E-state index is 11.3. The Labute approximate surface area is 82.8 Å². The summed E-state index contributed by atoms with van der Waals surface area (Å²) >= 11 is 0. The molecule has 2 N–H and O–H groups in total. The van der Waals surface area contributed by atoms with Gasteiger partial charge in [-0.25, -0.2) is 9.00 Å². The Morgan fingerprint density at radius 1 is 1.43 bits per heavy atom. The van der Waals surface area contributed by atoms with E-state index in [4.69, 9.17) is 5.14 Å². The van der Waals surface area contributed by atoms with Gasteiger partial charge in [-0.05, 0) is 30.1 Å². The fraction of sp³-hybridized carbons (Fsp3) is 0.111. The van der Waals surface area contributed by atoms with Crippen LogP contribution in [0.4, 0.5) is 0 Å². The van der Waals surface area contributed by atoms with Crippen LogP contribution in [0.15, 0.2) is 29.2 Å². The smallest absolute Gasteiger partial charge is 0.337 e. The summed E-state index contributed by atoms with van der Waals surface area (Å²) < 4.78 is 15.8. The molecule has 5 heteroatoms. The summed E-state index contributed by atoms with van der Waals surface area (Å²) in [5.74, 6) is 2.88. The summed E-state index contributed by atoms with van der Waals surface area (Å²) in [5.41, 5.74) is 0.389. The maximum atomic E-state index is 11.3. The van der Waals surface area contributed by atoms with Crippen LogP contribution in [0.1, 0.15) is 10.4 Å². The van der Waals surface area contributed by atoms with Crippen LogP contribution in [0.2, 0.25) is 0 Å². The molecule has 0 spiro atoms. The molecule has 0 aliphatic heterocycles. The van der Waals surface area contributed by atoms with E-state index in [9.17, 15) is 9.00 Å². The summed E-state index contributed by atoms with van der Waals surface area (Å²) in [6, 6.07) is 6.00. The summed E-state index contributed by atoms with van der Waals surface area (Å²) in [5, 5.41) is 5.32. The minimum absolute atomic E-state index is 0.389.